The maximum atomic E-state index is 5.25. The first-order chi connectivity index (χ1) is 10.4. The molecule has 3 rings (SSSR count). The fourth-order valence-corrected chi connectivity index (χ4v) is 2.91. The summed E-state index contributed by atoms with van der Waals surface area (Å²) < 4.78 is 7.38. The SMILES string of the molecule is COc1ncccc1CNCc1ccn(C2CCCC2)n1. The summed E-state index contributed by atoms with van der Waals surface area (Å²) in [6.45, 7) is 1.49. The second kappa shape index (κ2) is 6.72. The van der Waals surface area contributed by atoms with E-state index in [0.29, 0.717) is 11.9 Å². The van der Waals surface area contributed by atoms with Crippen molar-refractivity contribution in [1.82, 2.24) is 20.1 Å². The molecule has 1 N–H and O–H groups in total. The highest BCUT2D eigenvalue weighted by molar-refractivity contribution is 5.25. The third-order valence-electron chi connectivity index (χ3n) is 4.03. The second-order valence-electron chi connectivity index (χ2n) is 5.50. The number of rotatable bonds is 6. The van der Waals surface area contributed by atoms with Gasteiger partial charge in [0.25, 0.3) is 0 Å². The Morgan fingerprint density at radius 3 is 2.95 bits per heavy atom. The molecule has 21 heavy (non-hydrogen) atoms. The molecule has 0 saturated heterocycles. The molecular formula is C16H22N4O. The molecule has 0 radical (unpaired) electrons. The molecule has 1 saturated carbocycles. The third-order valence-corrected chi connectivity index (χ3v) is 4.03. The van der Waals surface area contributed by atoms with Crippen LogP contribution in [-0.2, 0) is 13.1 Å². The van der Waals surface area contributed by atoms with E-state index in [9.17, 15) is 0 Å². The van der Waals surface area contributed by atoms with E-state index < -0.39 is 0 Å². The number of hydrogen-bond acceptors (Lipinski definition) is 4. The summed E-state index contributed by atoms with van der Waals surface area (Å²) in [5.41, 5.74) is 2.15. The molecule has 0 unspecified atom stereocenters. The minimum atomic E-state index is 0.608. The van der Waals surface area contributed by atoms with Gasteiger partial charge in [-0.3, -0.25) is 4.68 Å². The van der Waals surface area contributed by atoms with Gasteiger partial charge < -0.3 is 10.1 Å². The number of methoxy groups -OCH3 is 1. The molecule has 2 aromatic heterocycles. The molecule has 0 bridgehead atoms. The summed E-state index contributed by atoms with van der Waals surface area (Å²) in [6, 6.07) is 6.66. The first-order valence-corrected chi connectivity index (χ1v) is 7.59. The van der Waals surface area contributed by atoms with Crippen LogP contribution in [0.15, 0.2) is 30.6 Å². The van der Waals surface area contributed by atoms with Crippen molar-refractivity contribution in [3.8, 4) is 5.88 Å². The molecule has 0 atom stereocenters. The Balaban J connectivity index is 1.53. The third kappa shape index (κ3) is 3.42. The summed E-state index contributed by atoms with van der Waals surface area (Å²) >= 11 is 0. The maximum Gasteiger partial charge on any atom is 0.217 e. The molecule has 112 valence electrons. The van der Waals surface area contributed by atoms with E-state index >= 15 is 0 Å². The van der Waals surface area contributed by atoms with Crippen LogP contribution >= 0.6 is 0 Å². The van der Waals surface area contributed by atoms with Crippen LogP contribution in [0, 0.1) is 0 Å². The molecule has 2 heterocycles. The van der Waals surface area contributed by atoms with Crippen LogP contribution in [0.5, 0.6) is 5.88 Å². The van der Waals surface area contributed by atoms with Crippen molar-refractivity contribution >= 4 is 0 Å². The zero-order valence-corrected chi connectivity index (χ0v) is 12.5. The van der Waals surface area contributed by atoms with E-state index in [2.05, 4.69) is 32.3 Å². The normalized spacial score (nSPS) is 15.5. The van der Waals surface area contributed by atoms with Crippen LogP contribution in [0.2, 0.25) is 0 Å². The summed E-state index contributed by atoms with van der Waals surface area (Å²) in [4.78, 5) is 4.20. The standard InChI is InChI=1S/C16H22N4O/c1-21-16-13(5-4-9-18-16)11-17-12-14-8-10-20(19-14)15-6-2-3-7-15/h4-5,8-10,15,17H,2-3,6-7,11-12H2,1H3. The summed E-state index contributed by atoms with van der Waals surface area (Å²) in [5, 5.41) is 8.07. The zero-order chi connectivity index (χ0) is 14.5. The first-order valence-electron chi connectivity index (χ1n) is 7.59. The van der Waals surface area contributed by atoms with Crippen molar-refractivity contribution in [2.24, 2.45) is 0 Å². The van der Waals surface area contributed by atoms with Crippen molar-refractivity contribution in [3.05, 3.63) is 41.9 Å². The fraction of sp³-hybridized carbons (Fsp3) is 0.500. The predicted octanol–water partition coefficient (Wildman–Crippen LogP) is 2.69. The van der Waals surface area contributed by atoms with E-state index in [-0.39, 0.29) is 0 Å². The zero-order valence-electron chi connectivity index (χ0n) is 12.5. The lowest BCUT2D eigenvalue weighted by molar-refractivity contribution is 0.390. The molecule has 1 aliphatic rings. The van der Waals surface area contributed by atoms with Crippen molar-refractivity contribution in [3.63, 3.8) is 0 Å². The van der Waals surface area contributed by atoms with E-state index in [1.54, 1.807) is 13.3 Å². The lowest BCUT2D eigenvalue weighted by Crippen LogP contribution is -2.15. The van der Waals surface area contributed by atoms with Crippen LogP contribution in [-0.4, -0.2) is 21.9 Å². The van der Waals surface area contributed by atoms with Crippen LogP contribution in [0.4, 0.5) is 0 Å². The Labute approximate surface area is 125 Å². The molecule has 0 amide bonds. The number of pyridine rings is 1. The highest BCUT2D eigenvalue weighted by Gasteiger charge is 2.17. The topological polar surface area (TPSA) is 52.0 Å². The van der Waals surface area contributed by atoms with Gasteiger partial charge in [0, 0.05) is 31.0 Å². The molecule has 5 heteroatoms. The Bertz CT molecular complexity index is 575. The molecule has 0 spiro atoms. The van der Waals surface area contributed by atoms with Gasteiger partial charge in [0.1, 0.15) is 0 Å². The van der Waals surface area contributed by atoms with Gasteiger partial charge in [-0.25, -0.2) is 4.98 Å². The van der Waals surface area contributed by atoms with Crippen LogP contribution in [0.1, 0.15) is 43.0 Å². The van der Waals surface area contributed by atoms with Crippen molar-refractivity contribution in [2.45, 2.75) is 44.8 Å². The van der Waals surface area contributed by atoms with Gasteiger partial charge in [-0.15, -0.1) is 0 Å². The Hall–Kier alpha value is -1.88. The first kappa shape index (κ1) is 14.1. The van der Waals surface area contributed by atoms with Gasteiger partial charge in [-0.1, -0.05) is 18.9 Å². The summed E-state index contributed by atoms with van der Waals surface area (Å²) in [5.74, 6) is 0.682. The van der Waals surface area contributed by atoms with Gasteiger partial charge in [-0.05, 0) is 25.0 Å². The van der Waals surface area contributed by atoms with E-state index in [1.807, 2.05) is 12.1 Å². The van der Waals surface area contributed by atoms with Gasteiger partial charge in [0.05, 0.1) is 18.8 Å². The van der Waals surface area contributed by atoms with E-state index in [0.717, 1.165) is 24.3 Å². The minimum absolute atomic E-state index is 0.608. The predicted molar refractivity (Wildman–Crippen MR) is 81.1 cm³/mol. The molecule has 1 aliphatic carbocycles. The van der Waals surface area contributed by atoms with Crippen LogP contribution < -0.4 is 10.1 Å². The van der Waals surface area contributed by atoms with Crippen molar-refractivity contribution in [2.75, 3.05) is 7.11 Å². The Morgan fingerprint density at radius 2 is 2.14 bits per heavy atom. The quantitative estimate of drug-likeness (QED) is 0.887. The van der Waals surface area contributed by atoms with Gasteiger partial charge in [0.15, 0.2) is 0 Å². The second-order valence-corrected chi connectivity index (χ2v) is 5.50. The van der Waals surface area contributed by atoms with Crippen molar-refractivity contribution in [1.29, 1.82) is 0 Å². The largest absolute Gasteiger partial charge is 0.481 e. The lowest BCUT2D eigenvalue weighted by atomic mass is 10.2. The average molecular weight is 286 g/mol. The van der Waals surface area contributed by atoms with E-state index in [4.69, 9.17) is 4.74 Å². The molecule has 5 nitrogen and oxygen atoms in total. The van der Waals surface area contributed by atoms with Crippen LogP contribution in [0.3, 0.4) is 0 Å². The summed E-state index contributed by atoms with van der Waals surface area (Å²) in [7, 11) is 1.65. The smallest absolute Gasteiger partial charge is 0.217 e. The molecule has 0 aliphatic heterocycles. The highest BCUT2D eigenvalue weighted by Crippen LogP contribution is 2.28. The number of nitrogens with zero attached hydrogens (tertiary/aromatic N) is 3. The molecule has 2 aromatic rings. The summed E-state index contributed by atoms with van der Waals surface area (Å²) in [6.07, 6.45) is 9.05. The molecule has 0 aromatic carbocycles. The highest BCUT2D eigenvalue weighted by atomic mass is 16.5. The monoisotopic (exact) mass is 286 g/mol. The van der Waals surface area contributed by atoms with Gasteiger partial charge in [-0.2, -0.15) is 5.10 Å². The Kier molecular flexibility index (Phi) is 4.50. The average Bonchev–Trinajstić information content (AvgIpc) is 3.18. The fourth-order valence-electron chi connectivity index (χ4n) is 2.91. The van der Waals surface area contributed by atoms with Crippen molar-refractivity contribution < 1.29 is 4.74 Å². The minimum Gasteiger partial charge on any atom is -0.481 e. The Morgan fingerprint density at radius 1 is 1.29 bits per heavy atom. The molecular weight excluding hydrogens is 264 g/mol. The lowest BCUT2D eigenvalue weighted by Gasteiger charge is -2.09. The number of ether oxygens (including phenoxy) is 1. The number of aromatic nitrogens is 3. The number of hydrogen-bond donors (Lipinski definition) is 1. The van der Waals surface area contributed by atoms with Gasteiger partial charge in [0.2, 0.25) is 5.88 Å². The van der Waals surface area contributed by atoms with E-state index in [1.165, 1.54) is 25.7 Å². The maximum absolute atomic E-state index is 5.25. The van der Waals surface area contributed by atoms with Gasteiger partial charge >= 0.3 is 0 Å². The molecule has 1 fully saturated rings. The van der Waals surface area contributed by atoms with Crippen LogP contribution in [0.25, 0.3) is 0 Å². The number of nitrogens with one attached hydrogen (secondary N) is 1.